The van der Waals surface area contributed by atoms with Gasteiger partial charge in [-0.15, -0.1) is 0 Å². The normalized spacial score (nSPS) is 11.4. The Morgan fingerprint density at radius 1 is 0.833 bits per heavy atom. The predicted octanol–water partition coefficient (Wildman–Crippen LogP) is 8.92. The highest BCUT2D eigenvalue weighted by atomic mass is 32.2. The lowest BCUT2D eigenvalue weighted by molar-refractivity contribution is -0.142. The van der Waals surface area contributed by atoms with Crippen LogP contribution in [0.4, 0.5) is 16.2 Å². The number of unbranched alkanes of at least 4 members (excludes halogenated alkanes) is 1. The van der Waals surface area contributed by atoms with Crippen LogP contribution in [0.3, 0.4) is 0 Å². The van der Waals surface area contributed by atoms with Gasteiger partial charge in [-0.3, -0.25) is 9.69 Å². The summed E-state index contributed by atoms with van der Waals surface area (Å²) in [5, 5.41) is 3.08. The average molecular weight is 583 g/mol. The lowest BCUT2D eigenvalue weighted by Gasteiger charge is -2.30. The van der Waals surface area contributed by atoms with Gasteiger partial charge in [-0.25, -0.2) is 4.79 Å². The number of carbonyl (C=O) groups is 2. The molecular formula is C35H38N2O4S. The minimum Gasteiger partial charge on any atom is -0.494 e. The summed E-state index contributed by atoms with van der Waals surface area (Å²) < 4.78 is 10.9. The van der Waals surface area contributed by atoms with Crippen molar-refractivity contribution in [3.05, 3.63) is 114 Å². The third kappa shape index (κ3) is 8.88. The Bertz CT molecular complexity index is 1410. The number of urea groups is 1. The van der Waals surface area contributed by atoms with Crippen LogP contribution in [-0.4, -0.2) is 25.2 Å². The van der Waals surface area contributed by atoms with Gasteiger partial charge >= 0.3 is 12.0 Å². The van der Waals surface area contributed by atoms with Crippen LogP contribution < -0.4 is 15.0 Å². The minimum atomic E-state index is -0.222. The van der Waals surface area contributed by atoms with E-state index < -0.39 is 0 Å². The van der Waals surface area contributed by atoms with Crippen LogP contribution in [0, 0.1) is 0 Å². The molecule has 0 aliphatic heterocycles. The second-order valence-electron chi connectivity index (χ2n) is 9.83. The molecular weight excluding hydrogens is 544 g/mol. The average Bonchev–Trinajstić information content (AvgIpc) is 3.01. The number of benzene rings is 4. The maximum absolute atomic E-state index is 13.7. The zero-order valence-corrected chi connectivity index (χ0v) is 25.2. The Balaban J connectivity index is 1.44. The second kappa shape index (κ2) is 15.7. The Kier molecular flexibility index (Phi) is 11.5. The number of hydrogen-bond donors (Lipinski definition) is 1. The fourth-order valence-corrected chi connectivity index (χ4v) is 5.23. The highest BCUT2D eigenvalue weighted by molar-refractivity contribution is 7.99. The molecule has 42 heavy (non-hydrogen) atoms. The zero-order valence-electron chi connectivity index (χ0n) is 24.4. The fraction of sp³-hybridized carbons (Fsp3) is 0.257. The summed E-state index contributed by atoms with van der Waals surface area (Å²) in [5.41, 5.74) is 3.45. The number of esters is 1. The van der Waals surface area contributed by atoms with Crippen LogP contribution in [-0.2, 0) is 16.0 Å². The highest BCUT2D eigenvalue weighted by Gasteiger charge is 2.24. The van der Waals surface area contributed by atoms with Crippen LogP contribution >= 0.6 is 11.8 Å². The maximum Gasteiger partial charge on any atom is 0.326 e. The van der Waals surface area contributed by atoms with Crippen LogP contribution in [0.1, 0.15) is 50.8 Å². The first kappa shape index (κ1) is 30.7. The van der Waals surface area contributed by atoms with E-state index in [1.807, 2.05) is 110 Å². The van der Waals surface area contributed by atoms with Gasteiger partial charge in [-0.05, 0) is 92.1 Å². The standard InChI is InChI=1S/C35H38N2O4S/c1-4-6-24-41-31-18-16-30(17-19-31)37(26(3)28-10-8-7-9-11-28)35(39)36-29-14-22-33(23-15-29)42-32-20-12-27(13-21-32)25-34(38)40-5-2/h7-23,26H,4-6,24-25H2,1-3H3,(H,36,39). The van der Waals surface area contributed by atoms with E-state index in [9.17, 15) is 9.59 Å². The summed E-state index contributed by atoms with van der Waals surface area (Å²) in [6, 6.07) is 32.9. The number of anilines is 2. The Morgan fingerprint density at radius 2 is 1.48 bits per heavy atom. The molecule has 2 amide bonds. The van der Waals surface area contributed by atoms with Crippen molar-refractivity contribution in [3.8, 4) is 5.75 Å². The molecule has 1 unspecified atom stereocenters. The van der Waals surface area contributed by atoms with Gasteiger partial charge in [0.25, 0.3) is 0 Å². The first-order valence-electron chi connectivity index (χ1n) is 14.4. The molecule has 1 N–H and O–H groups in total. The molecule has 0 heterocycles. The van der Waals surface area contributed by atoms with Crippen molar-refractivity contribution in [2.75, 3.05) is 23.4 Å². The van der Waals surface area contributed by atoms with Crippen molar-refractivity contribution in [1.29, 1.82) is 0 Å². The van der Waals surface area contributed by atoms with Crippen molar-refractivity contribution in [1.82, 2.24) is 0 Å². The molecule has 0 bridgehead atoms. The molecule has 6 nitrogen and oxygen atoms in total. The van der Waals surface area contributed by atoms with Crippen molar-refractivity contribution in [3.63, 3.8) is 0 Å². The summed E-state index contributed by atoms with van der Waals surface area (Å²) in [5.74, 6) is 0.572. The molecule has 7 heteroatoms. The molecule has 0 saturated carbocycles. The van der Waals surface area contributed by atoms with Crippen molar-refractivity contribution >= 4 is 35.1 Å². The van der Waals surface area contributed by atoms with Gasteiger partial charge in [0.2, 0.25) is 0 Å². The molecule has 0 aliphatic carbocycles. The Labute approximate surface area is 253 Å². The van der Waals surface area contributed by atoms with E-state index in [0.717, 1.165) is 45.2 Å². The second-order valence-corrected chi connectivity index (χ2v) is 11.0. The third-order valence-electron chi connectivity index (χ3n) is 6.69. The number of nitrogens with zero attached hydrogens (tertiary/aromatic N) is 1. The van der Waals surface area contributed by atoms with Gasteiger partial charge in [0.15, 0.2) is 0 Å². The number of ether oxygens (including phenoxy) is 2. The molecule has 4 aromatic carbocycles. The molecule has 0 fully saturated rings. The summed E-state index contributed by atoms with van der Waals surface area (Å²) in [7, 11) is 0. The Hall–Kier alpha value is -4.23. The van der Waals surface area contributed by atoms with Gasteiger partial charge in [0.05, 0.1) is 25.7 Å². The van der Waals surface area contributed by atoms with Gasteiger partial charge < -0.3 is 14.8 Å². The minimum absolute atomic E-state index is 0.195. The smallest absolute Gasteiger partial charge is 0.326 e. The summed E-state index contributed by atoms with van der Waals surface area (Å²) in [6.07, 6.45) is 2.35. The van der Waals surface area contributed by atoms with Gasteiger partial charge in [0, 0.05) is 21.2 Å². The summed E-state index contributed by atoms with van der Waals surface area (Å²) in [4.78, 5) is 29.3. The highest BCUT2D eigenvalue weighted by Crippen LogP contribution is 2.31. The van der Waals surface area contributed by atoms with E-state index in [1.165, 1.54) is 0 Å². The first-order chi connectivity index (χ1) is 20.5. The van der Waals surface area contributed by atoms with Crippen LogP contribution in [0.25, 0.3) is 0 Å². The maximum atomic E-state index is 13.7. The van der Waals surface area contributed by atoms with Crippen LogP contribution in [0.5, 0.6) is 5.75 Å². The quantitative estimate of drug-likeness (QED) is 0.126. The van der Waals surface area contributed by atoms with Crippen LogP contribution in [0.2, 0.25) is 0 Å². The van der Waals surface area contributed by atoms with Crippen molar-refractivity contribution < 1.29 is 19.1 Å². The molecule has 0 saturated heterocycles. The third-order valence-corrected chi connectivity index (χ3v) is 7.70. The largest absolute Gasteiger partial charge is 0.494 e. The van der Waals surface area contributed by atoms with Crippen molar-refractivity contribution in [2.24, 2.45) is 0 Å². The molecule has 4 rings (SSSR count). The monoisotopic (exact) mass is 582 g/mol. The molecule has 218 valence electrons. The van der Waals surface area contributed by atoms with E-state index >= 15 is 0 Å². The number of rotatable bonds is 13. The lowest BCUT2D eigenvalue weighted by atomic mass is 10.1. The summed E-state index contributed by atoms with van der Waals surface area (Å²) in [6.45, 7) is 7.03. The van der Waals surface area contributed by atoms with E-state index in [2.05, 4.69) is 12.2 Å². The first-order valence-corrected chi connectivity index (χ1v) is 15.2. The van der Waals surface area contributed by atoms with E-state index in [1.54, 1.807) is 23.6 Å². The van der Waals surface area contributed by atoms with E-state index in [0.29, 0.717) is 18.9 Å². The molecule has 0 aromatic heterocycles. The SMILES string of the molecule is CCCCOc1ccc(N(C(=O)Nc2ccc(Sc3ccc(CC(=O)OCC)cc3)cc2)C(C)c2ccccc2)cc1. The Morgan fingerprint density at radius 3 is 2.10 bits per heavy atom. The molecule has 4 aromatic rings. The summed E-state index contributed by atoms with van der Waals surface area (Å²) >= 11 is 1.62. The molecule has 0 radical (unpaired) electrons. The number of hydrogen-bond acceptors (Lipinski definition) is 5. The molecule has 1 atom stereocenters. The van der Waals surface area contributed by atoms with Gasteiger partial charge in [0.1, 0.15) is 5.75 Å². The number of amides is 2. The van der Waals surface area contributed by atoms with E-state index in [-0.39, 0.29) is 24.5 Å². The topological polar surface area (TPSA) is 67.9 Å². The zero-order chi connectivity index (χ0) is 29.7. The molecule has 0 aliphatic rings. The predicted molar refractivity (Wildman–Crippen MR) is 171 cm³/mol. The van der Waals surface area contributed by atoms with E-state index in [4.69, 9.17) is 9.47 Å². The van der Waals surface area contributed by atoms with Crippen molar-refractivity contribution in [2.45, 2.75) is 55.9 Å². The fourth-order valence-electron chi connectivity index (χ4n) is 4.41. The number of nitrogens with one attached hydrogen (secondary N) is 1. The molecule has 0 spiro atoms. The van der Waals surface area contributed by atoms with Gasteiger partial charge in [-0.1, -0.05) is 67.6 Å². The number of carbonyl (C=O) groups excluding carboxylic acids is 2. The van der Waals surface area contributed by atoms with Gasteiger partial charge in [-0.2, -0.15) is 0 Å². The van der Waals surface area contributed by atoms with Crippen LogP contribution in [0.15, 0.2) is 113 Å². The lowest BCUT2D eigenvalue weighted by Crippen LogP contribution is -2.37.